The van der Waals surface area contributed by atoms with Crippen molar-refractivity contribution >= 4 is 18.0 Å². The number of rotatable bonds is 10. The van der Waals surface area contributed by atoms with Gasteiger partial charge in [-0.15, -0.1) is 0 Å². The lowest BCUT2D eigenvalue weighted by molar-refractivity contribution is -0.143. The van der Waals surface area contributed by atoms with Crippen LogP contribution < -0.4 is 10.6 Å². The highest BCUT2D eigenvalue weighted by Crippen LogP contribution is 2.44. The van der Waals surface area contributed by atoms with E-state index in [-0.39, 0.29) is 31.5 Å². The molecule has 3 N–H and O–H groups in total. The molecule has 0 aliphatic heterocycles. The fourth-order valence-electron chi connectivity index (χ4n) is 4.28. The Balaban J connectivity index is 1.63. The van der Waals surface area contributed by atoms with Crippen molar-refractivity contribution in [2.45, 2.75) is 25.8 Å². The molecule has 1 aliphatic rings. The van der Waals surface area contributed by atoms with Gasteiger partial charge >= 0.3 is 12.1 Å². The Hall–Kier alpha value is -3.39. The molecule has 0 aromatic heterocycles. The minimum atomic E-state index is -0.969. The molecule has 2 aromatic rings. The van der Waals surface area contributed by atoms with Gasteiger partial charge in [-0.2, -0.15) is 0 Å². The fourth-order valence-corrected chi connectivity index (χ4v) is 4.28. The van der Waals surface area contributed by atoms with Crippen molar-refractivity contribution in [3.05, 3.63) is 59.7 Å². The Kier molecular flexibility index (Phi) is 8.28. The van der Waals surface area contributed by atoms with Crippen LogP contribution in [0.5, 0.6) is 0 Å². The summed E-state index contributed by atoms with van der Waals surface area (Å²) in [5.74, 6) is -2.35. The Morgan fingerprint density at radius 1 is 1.00 bits per heavy atom. The van der Waals surface area contributed by atoms with Crippen LogP contribution in [-0.4, -0.2) is 67.8 Å². The molecule has 3 rings (SSSR count). The van der Waals surface area contributed by atoms with Crippen LogP contribution in [0.2, 0.25) is 0 Å². The van der Waals surface area contributed by atoms with Crippen LogP contribution in [0, 0.1) is 11.8 Å². The molecule has 2 atom stereocenters. The third kappa shape index (κ3) is 5.94. The minimum absolute atomic E-state index is 0.0118. The summed E-state index contributed by atoms with van der Waals surface area (Å²) in [6.07, 6.45) is -0.692. The molecule has 0 spiro atoms. The highest BCUT2D eigenvalue weighted by molar-refractivity contribution is 5.86. The predicted octanol–water partition coefficient (Wildman–Crippen LogP) is 2.93. The maximum atomic E-state index is 12.8. The predicted molar refractivity (Wildman–Crippen MR) is 130 cm³/mol. The van der Waals surface area contributed by atoms with E-state index in [2.05, 4.69) is 22.8 Å². The molecule has 2 amide bonds. The third-order valence-corrected chi connectivity index (χ3v) is 6.12. The average molecular weight is 468 g/mol. The number of ether oxygens (including phenoxy) is 1. The van der Waals surface area contributed by atoms with E-state index in [1.54, 1.807) is 32.8 Å². The topological polar surface area (TPSA) is 108 Å². The number of hydrogen-bond acceptors (Lipinski definition) is 5. The standard InChI is InChI=1S/C26H33N3O5/c1-16(2)21(25(31)32)13-27-24(30)23(14-29(3)4)28-26(33)34-15-22-19-11-7-5-9-17(19)18-10-6-8-12-20(18)22/h5-12,16,21-23H,13-15H2,1-4H3,(H,27,30)(H,28,33)(H,31,32)/t21?,23-/m0/s1. The first kappa shape index (κ1) is 25.2. The first-order valence-electron chi connectivity index (χ1n) is 11.5. The molecular formula is C26H33N3O5. The maximum absolute atomic E-state index is 12.8. The fraction of sp³-hybridized carbons (Fsp3) is 0.423. The van der Waals surface area contributed by atoms with Crippen molar-refractivity contribution in [1.82, 2.24) is 15.5 Å². The number of carboxylic acids is 1. The van der Waals surface area contributed by atoms with Crippen LogP contribution in [-0.2, 0) is 14.3 Å². The van der Waals surface area contributed by atoms with Gasteiger partial charge in [-0.3, -0.25) is 9.59 Å². The van der Waals surface area contributed by atoms with Gasteiger partial charge in [0.25, 0.3) is 0 Å². The molecule has 0 heterocycles. The lowest BCUT2D eigenvalue weighted by Crippen LogP contribution is -2.53. The molecule has 8 nitrogen and oxygen atoms in total. The van der Waals surface area contributed by atoms with Crippen LogP contribution in [0.3, 0.4) is 0 Å². The summed E-state index contributed by atoms with van der Waals surface area (Å²) in [6, 6.07) is 15.2. The molecule has 0 saturated heterocycles. The van der Waals surface area contributed by atoms with Crippen molar-refractivity contribution in [3.8, 4) is 11.1 Å². The number of likely N-dealkylation sites (N-methyl/N-ethyl adjacent to an activating group) is 1. The Labute approximate surface area is 200 Å². The average Bonchev–Trinajstić information content (AvgIpc) is 3.10. The summed E-state index contributed by atoms with van der Waals surface area (Å²) in [7, 11) is 3.57. The highest BCUT2D eigenvalue weighted by atomic mass is 16.5. The van der Waals surface area contributed by atoms with Crippen LogP contribution in [0.15, 0.2) is 48.5 Å². The summed E-state index contributed by atoms with van der Waals surface area (Å²) >= 11 is 0. The highest BCUT2D eigenvalue weighted by Gasteiger charge is 2.30. The lowest BCUT2D eigenvalue weighted by Gasteiger charge is -2.24. The molecule has 0 bridgehead atoms. The quantitative estimate of drug-likeness (QED) is 0.496. The molecule has 8 heteroatoms. The van der Waals surface area contributed by atoms with E-state index < -0.39 is 29.9 Å². The van der Waals surface area contributed by atoms with Crippen molar-refractivity contribution in [3.63, 3.8) is 0 Å². The van der Waals surface area contributed by atoms with Gasteiger partial charge in [-0.1, -0.05) is 62.4 Å². The number of benzene rings is 2. The van der Waals surface area contributed by atoms with Gasteiger partial charge in [0.05, 0.1) is 5.92 Å². The van der Waals surface area contributed by atoms with Gasteiger partial charge in [-0.25, -0.2) is 4.79 Å². The molecule has 1 aliphatic carbocycles. The SMILES string of the molecule is CC(C)C(CNC(=O)[C@H](CN(C)C)NC(=O)OCC1c2ccccc2-c2ccccc21)C(=O)O. The Bertz CT molecular complexity index is 991. The zero-order valence-electron chi connectivity index (χ0n) is 20.1. The molecule has 34 heavy (non-hydrogen) atoms. The first-order valence-corrected chi connectivity index (χ1v) is 11.5. The number of carbonyl (C=O) groups excluding carboxylic acids is 2. The second-order valence-electron chi connectivity index (χ2n) is 9.22. The zero-order valence-corrected chi connectivity index (χ0v) is 20.1. The molecule has 1 unspecified atom stereocenters. The van der Waals surface area contributed by atoms with E-state index in [0.717, 1.165) is 22.3 Å². The maximum Gasteiger partial charge on any atom is 0.407 e. The number of aliphatic carboxylic acids is 1. The van der Waals surface area contributed by atoms with E-state index >= 15 is 0 Å². The molecule has 182 valence electrons. The largest absolute Gasteiger partial charge is 0.481 e. The molecule has 2 aromatic carbocycles. The number of nitrogens with one attached hydrogen (secondary N) is 2. The van der Waals surface area contributed by atoms with Gasteiger partial charge in [-0.05, 0) is 42.3 Å². The van der Waals surface area contributed by atoms with E-state index in [4.69, 9.17) is 4.74 Å². The summed E-state index contributed by atoms with van der Waals surface area (Å²) in [6.45, 7) is 3.95. The normalized spacial score (nSPS) is 14.3. The molecule has 0 fully saturated rings. The number of alkyl carbamates (subject to hydrolysis) is 1. The number of amides is 2. The Morgan fingerprint density at radius 3 is 2.06 bits per heavy atom. The van der Waals surface area contributed by atoms with Gasteiger partial charge in [0.1, 0.15) is 12.6 Å². The molecule has 0 radical (unpaired) electrons. The van der Waals surface area contributed by atoms with Crippen molar-refractivity contribution in [2.75, 3.05) is 33.8 Å². The van der Waals surface area contributed by atoms with Crippen molar-refractivity contribution in [1.29, 1.82) is 0 Å². The Morgan fingerprint density at radius 2 is 1.56 bits per heavy atom. The molecular weight excluding hydrogens is 434 g/mol. The van der Waals surface area contributed by atoms with Crippen LogP contribution >= 0.6 is 0 Å². The van der Waals surface area contributed by atoms with Crippen molar-refractivity contribution < 1.29 is 24.2 Å². The second kappa shape index (κ2) is 11.2. The number of fused-ring (bicyclic) bond motifs is 3. The monoisotopic (exact) mass is 467 g/mol. The summed E-state index contributed by atoms with van der Waals surface area (Å²) in [5.41, 5.74) is 4.48. The van der Waals surface area contributed by atoms with Crippen LogP contribution in [0.4, 0.5) is 4.79 Å². The van der Waals surface area contributed by atoms with Gasteiger partial charge < -0.3 is 25.4 Å². The smallest absolute Gasteiger partial charge is 0.407 e. The lowest BCUT2D eigenvalue weighted by atomic mass is 9.96. The summed E-state index contributed by atoms with van der Waals surface area (Å²) < 4.78 is 5.56. The van der Waals surface area contributed by atoms with Gasteiger partial charge in [0, 0.05) is 19.0 Å². The zero-order chi connectivity index (χ0) is 24.8. The summed E-state index contributed by atoms with van der Waals surface area (Å²) in [5, 5.41) is 14.7. The first-order chi connectivity index (χ1) is 16.2. The second-order valence-corrected chi connectivity index (χ2v) is 9.22. The summed E-state index contributed by atoms with van der Waals surface area (Å²) in [4.78, 5) is 38.6. The number of hydrogen-bond donors (Lipinski definition) is 3. The van der Waals surface area contributed by atoms with Gasteiger partial charge in [0.15, 0.2) is 0 Å². The van der Waals surface area contributed by atoms with Crippen LogP contribution in [0.25, 0.3) is 11.1 Å². The van der Waals surface area contributed by atoms with E-state index in [1.165, 1.54) is 0 Å². The van der Waals surface area contributed by atoms with Crippen molar-refractivity contribution in [2.24, 2.45) is 11.8 Å². The molecule has 0 saturated carbocycles. The number of nitrogens with zero attached hydrogens (tertiary/aromatic N) is 1. The van der Waals surface area contributed by atoms with Crippen LogP contribution in [0.1, 0.15) is 30.9 Å². The van der Waals surface area contributed by atoms with E-state index in [1.807, 2.05) is 36.4 Å². The number of carboxylic acid groups (broad SMARTS) is 1. The van der Waals surface area contributed by atoms with E-state index in [0.29, 0.717) is 0 Å². The number of carbonyl (C=O) groups is 3. The minimum Gasteiger partial charge on any atom is -0.481 e. The third-order valence-electron chi connectivity index (χ3n) is 6.12. The van der Waals surface area contributed by atoms with Gasteiger partial charge in [0.2, 0.25) is 5.91 Å². The van der Waals surface area contributed by atoms with E-state index in [9.17, 15) is 19.5 Å².